The summed E-state index contributed by atoms with van der Waals surface area (Å²) >= 11 is 3.13. The number of hydrogen-bond donors (Lipinski definition) is 2. The van der Waals surface area contributed by atoms with Gasteiger partial charge in [-0.05, 0) is 17.4 Å². The number of rotatable bonds is 6. The quantitative estimate of drug-likeness (QED) is 0.861. The molecule has 0 aliphatic rings. The summed E-state index contributed by atoms with van der Waals surface area (Å²) in [6.45, 7) is 4.59. The molecule has 0 bridgehead atoms. The Morgan fingerprint density at radius 2 is 2.21 bits per heavy atom. The van der Waals surface area contributed by atoms with Gasteiger partial charge in [-0.2, -0.15) is 0 Å². The average Bonchev–Trinajstić information content (AvgIpc) is 3.01. The molecule has 0 aliphatic carbocycles. The molecule has 2 rings (SSSR count). The summed E-state index contributed by atoms with van der Waals surface area (Å²) in [5.74, 6) is 0.378. The van der Waals surface area contributed by atoms with E-state index in [4.69, 9.17) is 0 Å². The van der Waals surface area contributed by atoms with E-state index in [1.54, 1.807) is 17.5 Å². The molecule has 1 amide bonds. The van der Waals surface area contributed by atoms with Crippen molar-refractivity contribution < 1.29 is 4.79 Å². The van der Waals surface area contributed by atoms with Crippen molar-refractivity contribution in [1.82, 2.24) is 10.3 Å². The Morgan fingerprint density at radius 3 is 2.79 bits per heavy atom. The van der Waals surface area contributed by atoms with E-state index >= 15 is 0 Å². The molecular formula is C13H17N3OS2. The van der Waals surface area contributed by atoms with Crippen LogP contribution < -0.4 is 10.6 Å². The number of thiophene rings is 1. The van der Waals surface area contributed by atoms with Gasteiger partial charge in [0.05, 0.1) is 6.54 Å². The molecule has 6 heteroatoms. The fourth-order valence-electron chi connectivity index (χ4n) is 1.78. The van der Waals surface area contributed by atoms with Crippen LogP contribution in [0.1, 0.15) is 24.8 Å². The van der Waals surface area contributed by atoms with Crippen molar-refractivity contribution in [1.29, 1.82) is 0 Å². The Bertz CT molecular complexity index is 494. The van der Waals surface area contributed by atoms with Crippen LogP contribution in [0.25, 0.3) is 0 Å². The van der Waals surface area contributed by atoms with Crippen molar-refractivity contribution in [3.63, 3.8) is 0 Å². The first-order valence-electron chi connectivity index (χ1n) is 6.13. The molecule has 2 N–H and O–H groups in total. The minimum absolute atomic E-state index is 0.0582. The van der Waals surface area contributed by atoms with Crippen molar-refractivity contribution >= 4 is 33.7 Å². The largest absolute Gasteiger partial charge is 0.301 e. The zero-order valence-corrected chi connectivity index (χ0v) is 12.6. The maximum atomic E-state index is 11.8. The van der Waals surface area contributed by atoms with Crippen LogP contribution in [0, 0.1) is 5.92 Å². The lowest BCUT2D eigenvalue weighted by Gasteiger charge is -2.20. The second-order valence-electron chi connectivity index (χ2n) is 4.50. The van der Waals surface area contributed by atoms with Crippen molar-refractivity contribution in [2.45, 2.75) is 19.9 Å². The predicted molar refractivity (Wildman–Crippen MR) is 80.6 cm³/mol. The summed E-state index contributed by atoms with van der Waals surface area (Å²) in [6.07, 6.45) is 1.68. The summed E-state index contributed by atoms with van der Waals surface area (Å²) in [4.78, 5) is 17.1. The summed E-state index contributed by atoms with van der Waals surface area (Å²) in [7, 11) is 0. The first kappa shape index (κ1) is 14.2. The van der Waals surface area contributed by atoms with Gasteiger partial charge >= 0.3 is 0 Å². The highest BCUT2D eigenvalue weighted by Crippen LogP contribution is 2.25. The van der Waals surface area contributed by atoms with Gasteiger partial charge in [-0.15, -0.1) is 22.7 Å². The Balaban J connectivity index is 1.87. The maximum absolute atomic E-state index is 11.8. The summed E-state index contributed by atoms with van der Waals surface area (Å²) in [6, 6.07) is 4.34. The minimum Gasteiger partial charge on any atom is -0.301 e. The van der Waals surface area contributed by atoms with Gasteiger partial charge in [-0.25, -0.2) is 4.98 Å². The fourth-order valence-corrected chi connectivity index (χ4v) is 3.30. The molecule has 102 valence electrons. The lowest BCUT2D eigenvalue weighted by molar-refractivity contribution is -0.115. The van der Waals surface area contributed by atoms with Crippen LogP contribution in [0.5, 0.6) is 0 Å². The van der Waals surface area contributed by atoms with Gasteiger partial charge in [0.1, 0.15) is 0 Å². The van der Waals surface area contributed by atoms with Gasteiger partial charge in [0.15, 0.2) is 5.13 Å². The molecule has 0 spiro atoms. The van der Waals surface area contributed by atoms with E-state index in [9.17, 15) is 4.79 Å². The van der Waals surface area contributed by atoms with E-state index in [1.807, 2.05) is 11.4 Å². The standard InChI is InChI=1S/C13H17N3OS2/c1-9(2)12(10-4-3-6-18-10)15-8-11(17)16-13-14-5-7-19-13/h3-7,9,12,15H,8H2,1-2H3,(H,14,16,17). The maximum Gasteiger partial charge on any atom is 0.240 e. The molecule has 1 atom stereocenters. The molecule has 0 fully saturated rings. The van der Waals surface area contributed by atoms with Gasteiger partial charge in [0, 0.05) is 22.5 Å². The highest BCUT2D eigenvalue weighted by atomic mass is 32.1. The molecule has 19 heavy (non-hydrogen) atoms. The Kier molecular flexibility index (Phi) is 5.07. The van der Waals surface area contributed by atoms with E-state index in [-0.39, 0.29) is 11.9 Å². The van der Waals surface area contributed by atoms with E-state index in [1.165, 1.54) is 16.2 Å². The molecule has 0 saturated heterocycles. The molecule has 1 unspecified atom stereocenters. The third kappa shape index (κ3) is 4.12. The van der Waals surface area contributed by atoms with Crippen LogP contribution >= 0.6 is 22.7 Å². The minimum atomic E-state index is -0.0582. The zero-order chi connectivity index (χ0) is 13.7. The molecule has 0 saturated carbocycles. The Labute approximate surface area is 120 Å². The Hall–Kier alpha value is -1.24. The first-order chi connectivity index (χ1) is 9.16. The van der Waals surface area contributed by atoms with Crippen molar-refractivity contribution in [2.24, 2.45) is 5.92 Å². The van der Waals surface area contributed by atoms with Gasteiger partial charge in [0.2, 0.25) is 5.91 Å². The highest BCUT2D eigenvalue weighted by Gasteiger charge is 2.17. The summed E-state index contributed by atoms with van der Waals surface area (Å²) in [5.41, 5.74) is 0. The van der Waals surface area contributed by atoms with Crippen LogP contribution in [-0.2, 0) is 4.79 Å². The van der Waals surface area contributed by atoms with Crippen LogP contribution in [0.3, 0.4) is 0 Å². The second kappa shape index (κ2) is 6.79. The van der Waals surface area contributed by atoms with E-state index < -0.39 is 0 Å². The number of thiazole rings is 1. The van der Waals surface area contributed by atoms with Crippen molar-refractivity contribution in [3.8, 4) is 0 Å². The van der Waals surface area contributed by atoms with E-state index in [0.717, 1.165) is 0 Å². The van der Waals surface area contributed by atoms with Crippen LogP contribution in [0.4, 0.5) is 5.13 Å². The number of hydrogen-bond acceptors (Lipinski definition) is 5. The van der Waals surface area contributed by atoms with Gasteiger partial charge in [-0.1, -0.05) is 19.9 Å². The number of nitrogens with zero attached hydrogens (tertiary/aromatic N) is 1. The second-order valence-corrected chi connectivity index (χ2v) is 6.38. The monoisotopic (exact) mass is 295 g/mol. The van der Waals surface area contributed by atoms with Crippen LogP contribution in [-0.4, -0.2) is 17.4 Å². The summed E-state index contributed by atoms with van der Waals surface area (Å²) in [5, 5.41) is 10.6. The summed E-state index contributed by atoms with van der Waals surface area (Å²) < 4.78 is 0. The Morgan fingerprint density at radius 1 is 1.37 bits per heavy atom. The molecular weight excluding hydrogens is 278 g/mol. The molecule has 0 aromatic carbocycles. The van der Waals surface area contributed by atoms with E-state index in [2.05, 4.69) is 40.9 Å². The number of nitrogens with one attached hydrogen (secondary N) is 2. The smallest absolute Gasteiger partial charge is 0.240 e. The van der Waals surface area contributed by atoms with Crippen LogP contribution in [0.15, 0.2) is 29.1 Å². The SMILES string of the molecule is CC(C)C(NCC(=O)Nc1nccs1)c1cccs1. The normalized spacial score (nSPS) is 12.6. The first-order valence-corrected chi connectivity index (χ1v) is 7.89. The van der Waals surface area contributed by atoms with Gasteiger partial charge in [-0.3, -0.25) is 4.79 Å². The lowest BCUT2D eigenvalue weighted by atomic mass is 10.0. The average molecular weight is 295 g/mol. The topological polar surface area (TPSA) is 54.0 Å². The third-order valence-corrected chi connectivity index (χ3v) is 4.32. The molecule has 0 aliphatic heterocycles. The third-order valence-electron chi connectivity index (χ3n) is 2.68. The fraction of sp³-hybridized carbons (Fsp3) is 0.385. The van der Waals surface area contributed by atoms with Gasteiger partial charge < -0.3 is 10.6 Å². The number of carbonyl (C=O) groups excluding carboxylic acids is 1. The molecule has 2 aromatic heterocycles. The molecule has 4 nitrogen and oxygen atoms in total. The molecule has 2 heterocycles. The predicted octanol–water partition coefficient (Wildman–Crippen LogP) is 3.13. The van der Waals surface area contributed by atoms with Gasteiger partial charge in [0.25, 0.3) is 0 Å². The number of aromatic nitrogens is 1. The number of amides is 1. The zero-order valence-electron chi connectivity index (χ0n) is 10.9. The molecule has 0 radical (unpaired) electrons. The van der Waals surface area contributed by atoms with Crippen molar-refractivity contribution in [3.05, 3.63) is 34.0 Å². The lowest BCUT2D eigenvalue weighted by Crippen LogP contribution is -2.33. The highest BCUT2D eigenvalue weighted by molar-refractivity contribution is 7.13. The number of carbonyl (C=O) groups is 1. The molecule has 2 aromatic rings. The van der Waals surface area contributed by atoms with Crippen LogP contribution in [0.2, 0.25) is 0 Å². The van der Waals surface area contributed by atoms with E-state index in [0.29, 0.717) is 17.6 Å². The number of anilines is 1. The van der Waals surface area contributed by atoms with Crippen molar-refractivity contribution in [2.75, 3.05) is 11.9 Å².